The number of nitrogens with one attached hydrogen (secondary N) is 1. The Hall–Kier alpha value is -2.53. The van der Waals surface area contributed by atoms with Crippen LogP contribution in [0.25, 0.3) is 11.0 Å². The summed E-state index contributed by atoms with van der Waals surface area (Å²) in [6.07, 6.45) is 2.16. The van der Waals surface area contributed by atoms with Crippen molar-refractivity contribution in [3.05, 3.63) is 53.9 Å². The van der Waals surface area contributed by atoms with Gasteiger partial charge >= 0.3 is 0 Å². The molecule has 0 fully saturated rings. The minimum atomic E-state index is 0.170. The van der Waals surface area contributed by atoms with Gasteiger partial charge in [0.25, 0.3) is 0 Å². The molecule has 0 aliphatic heterocycles. The number of imidazole rings is 1. The first-order valence-corrected chi connectivity index (χ1v) is 9.58. The number of aryl methyl sites for hydroxylation is 1. The lowest BCUT2D eigenvalue weighted by Gasteiger charge is -2.17. The number of rotatable bonds is 9. The Morgan fingerprint density at radius 2 is 1.96 bits per heavy atom. The minimum absolute atomic E-state index is 0.170. The Morgan fingerprint density at radius 3 is 2.70 bits per heavy atom. The quantitative estimate of drug-likeness (QED) is 0.561. The van der Waals surface area contributed by atoms with Crippen LogP contribution in [0.4, 0.5) is 0 Å². The third-order valence-electron chi connectivity index (χ3n) is 4.89. The van der Waals surface area contributed by atoms with Crippen LogP contribution in [-0.4, -0.2) is 23.3 Å². The van der Waals surface area contributed by atoms with Gasteiger partial charge < -0.3 is 19.4 Å². The van der Waals surface area contributed by atoms with E-state index >= 15 is 0 Å². The summed E-state index contributed by atoms with van der Waals surface area (Å²) in [6.45, 7) is 5.72. The zero-order chi connectivity index (χ0) is 19.2. The molecule has 27 heavy (non-hydrogen) atoms. The monoisotopic (exact) mass is 367 g/mol. The van der Waals surface area contributed by atoms with Crippen LogP contribution in [0, 0.1) is 0 Å². The Balaban J connectivity index is 1.68. The summed E-state index contributed by atoms with van der Waals surface area (Å²) in [5.74, 6) is 2.60. The number of fused-ring (bicyclic) bond motifs is 1. The molecule has 0 saturated heterocycles. The molecule has 1 heterocycles. The summed E-state index contributed by atoms with van der Waals surface area (Å²) in [6, 6.07) is 14.5. The molecule has 0 amide bonds. The average Bonchev–Trinajstić information content (AvgIpc) is 3.02. The van der Waals surface area contributed by atoms with Crippen molar-refractivity contribution in [3.8, 4) is 11.5 Å². The zero-order valence-corrected chi connectivity index (χ0v) is 16.7. The topological polar surface area (TPSA) is 48.3 Å². The molecule has 0 bridgehead atoms. The van der Waals surface area contributed by atoms with Crippen LogP contribution in [0.15, 0.2) is 42.5 Å². The number of nitrogens with zero attached hydrogens (tertiary/aromatic N) is 2. The van der Waals surface area contributed by atoms with Crippen LogP contribution in [-0.2, 0) is 13.6 Å². The molecule has 0 aliphatic rings. The summed E-state index contributed by atoms with van der Waals surface area (Å²) < 4.78 is 13.5. The first-order chi connectivity index (χ1) is 13.1. The van der Waals surface area contributed by atoms with Crippen molar-refractivity contribution in [2.75, 3.05) is 13.7 Å². The van der Waals surface area contributed by atoms with E-state index in [1.54, 1.807) is 7.11 Å². The van der Waals surface area contributed by atoms with Crippen molar-refractivity contribution in [2.45, 2.75) is 39.3 Å². The number of methoxy groups -OCH3 is 1. The molecule has 1 N–H and O–H groups in total. The normalized spacial score (nSPS) is 12.3. The standard InChI is InChI=1S/C22H29N3O2/c1-5-6-13-27-20-12-11-17(14-21(20)26-4)16(2)23-15-22-24-18-9-7-8-10-19(18)25(22)3/h7-12,14,16,23H,5-6,13,15H2,1-4H3. The van der Waals surface area contributed by atoms with Gasteiger partial charge in [0.05, 0.1) is 31.3 Å². The summed E-state index contributed by atoms with van der Waals surface area (Å²) in [5, 5.41) is 3.56. The molecule has 1 unspecified atom stereocenters. The number of hydrogen-bond donors (Lipinski definition) is 1. The molecule has 0 spiro atoms. The van der Waals surface area contributed by atoms with Crippen molar-refractivity contribution in [1.82, 2.24) is 14.9 Å². The number of ether oxygens (including phenoxy) is 2. The molecular weight excluding hydrogens is 338 g/mol. The molecule has 2 aromatic carbocycles. The van der Waals surface area contributed by atoms with Gasteiger partial charge in [0, 0.05) is 13.1 Å². The Bertz CT molecular complexity index is 888. The summed E-state index contributed by atoms with van der Waals surface area (Å²) >= 11 is 0. The maximum absolute atomic E-state index is 5.82. The Morgan fingerprint density at radius 1 is 1.15 bits per heavy atom. The molecule has 5 heteroatoms. The second-order valence-electron chi connectivity index (χ2n) is 6.79. The smallest absolute Gasteiger partial charge is 0.161 e. The van der Waals surface area contributed by atoms with Crippen molar-refractivity contribution in [2.24, 2.45) is 7.05 Å². The molecule has 3 rings (SSSR count). The lowest BCUT2D eigenvalue weighted by atomic mass is 10.1. The molecule has 0 aliphatic carbocycles. The van der Waals surface area contributed by atoms with E-state index in [9.17, 15) is 0 Å². The maximum atomic E-state index is 5.82. The molecule has 3 aromatic rings. The molecule has 1 atom stereocenters. The van der Waals surface area contributed by atoms with Gasteiger partial charge in [0.1, 0.15) is 5.82 Å². The molecular formula is C22H29N3O2. The van der Waals surface area contributed by atoms with Gasteiger partial charge in [-0.3, -0.25) is 0 Å². The highest BCUT2D eigenvalue weighted by Gasteiger charge is 2.12. The predicted molar refractivity (Wildman–Crippen MR) is 109 cm³/mol. The van der Waals surface area contributed by atoms with Gasteiger partial charge in [-0.15, -0.1) is 0 Å². The predicted octanol–water partition coefficient (Wildman–Crippen LogP) is 4.61. The van der Waals surface area contributed by atoms with E-state index in [4.69, 9.17) is 14.5 Å². The van der Waals surface area contributed by atoms with Crippen LogP contribution in [0.1, 0.15) is 44.1 Å². The third kappa shape index (κ3) is 4.42. The Kier molecular flexibility index (Phi) is 6.35. The second-order valence-corrected chi connectivity index (χ2v) is 6.79. The van der Waals surface area contributed by atoms with Crippen molar-refractivity contribution < 1.29 is 9.47 Å². The molecule has 5 nitrogen and oxygen atoms in total. The fourth-order valence-corrected chi connectivity index (χ4v) is 3.11. The fraction of sp³-hybridized carbons (Fsp3) is 0.409. The highest BCUT2D eigenvalue weighted by molar-refractivity contribution is 5.75. The summed E-state index contributed by atoms with van der Waals surface area (Å²) in [5.41, 5.74) is 3.34. The number of benzene rings is 2. The highest BCUT2D eigenvalue weighted by Crippen LogP contribution is 2.30. The number of para-hydroxylation sites is 2. The van der Waals surface area contributed by atoms with E-state index in [0.717, 1.165) is 46.8 Å². The lowest BCUT2D eigenvalue weighted by Crippen LogP contribution is -2.20. The first-order valence-electron chi connectivity index (χ1n) is 9.58. The largest absolute Gasteiger partial charge is 0.493 e. The molecule has 0 radical (unpaired) electrons. The summed E-state index contributed by atoms with van der Waals surface area (Å²) in [4.78, 5) is 4.72. The van der Waals surface area contributed by atoms with E-state index in [1.807, 2.05) is 30.3 Å². The van der Waals surface area contributed by atoms with E-state index in [-0.39, 0.29) is 6.04 Å². The van der Waals surface area contributed by atoms with Crippen LogP contribution in [0.3, 0.4) is 0 Å². The average molecular weight is 367 g/mol. The van der Waals surface area contributed by atoms with Gasteiger partial charge in [-0.05, 0) is 43.2 Å². The molecule has 0 saturated carbocycles. The SMILES string of the molecule is CCCCOc1ccc(C(C)NCc2nc3ccccc3n2C)cc1OC. The first kappa shape index (κ1) is 19.2. The molecule has 144 valence electrons. The van der Waals surface area contributed by atoms with Gasteiger partial charge in [0.2, 0.25) is 0 Å². The zero-order valence-electron chi connectivity index (χ0n) is 16.7. The van der Waals surface area contributed by atoms with Crippen molar-refractivity contribution in [3.63, 3.8) is 0 Å². The fourth-order valence-electron chi connectivity index (χ4n) is 3.11. The maximum Gasteiger partial charge on any atom is 0.161 e. The van der Waals surface area contributed by atoms with E-state index in [1.165, 1.54) is 0 Å². The van der Waals surface area contributed by atoms with Crippen LogP contribution >= 0.6 is 0 Å². The van der Waals surface area contributed by atoms with Crippen LogP contribution in [0.5, 0.6) is 11.5 Å². The number of unbranched alkanes of at least 4 members (excludes halogenated alkanes) is 1. The van der Waals surface area contributed by atoms with Gasteiger partial charge in [-0.2, -0.15) is 0 Å². The van der Waals surface area contributed by atoms with Gasteiger partial charge in [-0.1, -0.05) is 31.5 Å². The van der Waals surface area contributed by atoms with E-state index < -0.39 is 0 Å². The highest BCUT2D eigenvalue weighted by atomic mass is 16.5. The number of hydrogen-bond acceptors (Lipinski definition) is 4. The van der Waals surface area contributed by atoms with Gasteiger partial charge in [0.15, 0.2) is 11.5 Å². The minimum Gasteiger partial charge on any atom is -0.493 e. The lowest BCUT2D eigenvalue weighted by molar-refractivity contribution is 0.288. The Labute approximate surface area is 161 Å². The van der Waals surface area contributed by atoms with E-state index in [0.29, 0.717) is 13.2 Å². The third-order valence-corrected chi connectivity index (χ3v) is 4.89. The van der Waals surface area contributed by atoms with Crippen LogP contribution in [0.2, 0.25) is 0 Å². The number of aromatic nitrogens is 2. The van der Waals surface area contributed by atoms with Gasteiger partial charge in [-0.25, -0.2) is 4.98 Å². The second kappa shape index (κ2) is 8.91. The summed E-state index contributed by atoms with van der Waals surface area (Å²) in [7, 11) is 3.74. The van der Waals surface area contributed by atoms with Crippen LogP contribution < -0.4 is 14.8 Å². The van der Waals surface area contributed by atoms with Crippen molar-refractivity contribution >= 4 is 11.0 Å². The van der Waals surface area contributed by atoms with Crippen molar-refractivity contribution in [1.29, 1.82) is 0 Å². The molecule has 1 aromatic heterocycles. The van der Waals surface area contributed by atoms with E-state index in [2.05, 4.69) is 42.9 Å².